The van der Waals surface area contributed by atoms with Crippen LogP contribution in [0.4, 0.5) is 10.5 Å². The number of nitrogens with zero attached hydrogens (tertiary/aromatic N) is 4. The third kappa shape index (κ3) is 7.31. The lowest BCUT2D eigenvalue weighted by atomic mass is 9.96. The summed E-state index contributed by atoms with van der Waals surface area (Å²) in [5.41, 5.74) is 13.8. The molecule has 0 aromatic carbocycles. The number of ether oxygens (including phenoxy) is 1. The molecule has 1 aliphatic heterocycles. The average Bonchev–Trinajstić information content (AvgIpc) is 3.06. The Balaban J connectivity index is 1.61. The Kier molecular flexibility index (Phi) is 9.93. The molecule has 2 amide bonds. The highest BCUT2D eigenvalue weighted by Crippen LogP contribution is 2.27. The van der Waals surface area contributed by atoms with E-state index in [1.165, 1.54) is 0 Å². The molecule has 188 valence electrons. The maximum atomic E-state index is 13.4. The third-order valence-electron chi connectivity index (χ3n) is 6.14. The van der Waals surface area contributed by atoms with Gasteiger partial charge in [-0.15, -0.1) is 0 Å². The standard InChI is InChI=1S/C24H39N7O3/c1-2-12-30(13-7-11-27-24(33)34-19-8-6-9-19)23(32)18-15-21-20(29-22(26)16-18)17-28-31(21)14-5-3-4-10-25/h15,17,19H,2-14,16,25H2,1H3,(H2,26,29)(H,27,33). The maximum absolute atomic E-state index is 13.4. The first-order valence-corrected chi connectivity index (χ1v) is 12.5. The number of unbranched alkanes of at least 4 members (excludes halogenated alkanes) is 2. The van der Waals surface area contributed by atoms with Crippen LogP contribution >= 0.6 is 0 Å². The molecule has 0 radical (unpaired) electrons. The SMILES string of the molecule is CCCN(CCCNC(=O)OC1CCC1)C(=O)C1=Cc2c(cnn2CCCCCN)N=C(N)C1. The van der Waals surface area contributed by atoms with Crippen molar-refractivity contribution < 1.29 is 14.3 Å². The van der Waals surface area contributed by atoms with Crippen molar-refractivity contribution in [1.29, 1.82) is 0 Å². The number of nitrogens with two attached hydrogens (primary N) is 2. The predicted molar refractivity (Wildman–Crippen MR) is 133 cm³/mol. The molecule has 1 aromatic rings. The minimum atomic E-state index is -0.374. The summed E-state index contributed by atoms with van der Waals surface area (Å²) in [6.07, 6.45) is 11.0. The van der Waals surface area contributed by atoms with Crippen LogP contribution < -0.4 is 16.8 Å². The van der Waals surface area contributed by atoms with Crippen molar-refractivity contribution >= 4 is 29.6 Å². The first-order chi connectivity index (χ1) is 16.5. The molecule has 0 atom stereocenters. The Morgan fingerprint density at radius 2 is 2.06 bits per heavy atom. The molecule has 1 saturated carbocycles. The molecule has 0 bridgehead atoms. The number of hydrogen-bond donors (Lipinski definition) is 3. The van der Waals surface area contributed by atoms with Crippen molar-refractivity contribution in [3.05, 3.63) is 17.5 Å². The highest BCUT2D eigenvalue weighted by molar-refractivity contribution is 6.05. The number of nitrogens with one attached hydrogen (secondary N) is 1. The molecule has 3 rings (SSSR count). The first-order valence-electron chi connectivity index (χ1n) is 12.5. The Morgan fingerprint density at radius 1 is 1.24 bits per heavy atom. The largest absolute Gasteiger partial charge is 0.446 e. The van der Waals surface area contributed by atoms with Gasteiger partial charge >= 0.3 is 6.09 Å². The molecule has 1 fully saturated rings. The molecule has 5 N–H and O–H groups in total. The fourth-order valence-electron chi connectivity index (χ4n) is 4.05. The van der Waals surface area contributed by atoms with Gasteiger partial charge in [0.1, 0.15) is 17.6 Å². The lowest BCUT2D eigenvalue weighted by Crippen LogP contribution is -2.37. The Morgan fingerprint density at radius 3 is 2.76 bits per heavy atom. The van der Waals surface area contributed by atoms with Crippen molar-refractivity contribution in [2.45, 2.75) is 77.4 Å². The van der Waals surface area contributed by atoms with E-state index >= 15 is 0 Å². The van der Waals surface area contributed by atoms with E-state index in [4.69, 9.17) is 16.2 Å². The van der Waals surface area contributed by atoms with E-state index in [0.717, 1.165) is 57.2 Å². The van der Waals surface area contributed by atoms with Gasteiger partial charge in [-0.1, -0.05) is 13.3 Å². The minimum Gasteiger partial charge on any atom is -0.446 e. The summed E-state index contributed by atoms with van der Waals surface area (Å²) in [5, 5.41) is 7.24. The number of fused-ring (bicyclic) bond motifs is 1. The van der Waals surface area contributed by atoms with Crippen LogP contribution in [-0.4, -0.2) is 64.8 Å². The smallest absolute Gasteiger partial charge is 0.407 e. The van der Waals surface area contributed by atoms with Gasteiger partial charge in [-0.3, -0.25) is 9.48 Å². The van der Waals surface area contributed by atoms with E-state index in [1.54, 1.807) is 6.20 Å². The minimum absolute atomic E-state index is 0.0548. The van der Waals surface area contributed by atoms with Crippen LogP contribution in [0.5, 0.6) is 0 Å². The quantitative estimate of drug-likeness (QED) is 0.376. The molecular weight excluding hydrogens is 434 g/mol. The fraction of sp³-hybridized carbons (Fsp3) is 0.667. The third-order valence-corrected chi connectivity index (χ3v) is 6.14. The van der Waals surface area contributed by atoms with E-state index in [-0.39, 0.29) is 18.1 Å². The van der Waals surface area contributed by atoms with E-state index in [1.807, 2.05) is 22.6 Å². The number of amidine groups is 1. The predicted octanol–water partition coefficient (Wildman–Crippen LogP) is 2.70. The summed E-state index contributed by atoms with van der Waals surface area (Å²) in [7, 11) is 0. The van der Waals surface area contributed by atoms with Gasteiger partial charge < -0.3 is 26.4 Å². The van der Waals surface area contributed by atoms with Gasteiger partial charge in [0.25, 0.3) is 0 Å². The number of hydrogen-bond acceptors (Lipinski definition) is 7. The van der Waals surface area contributed by atoms with Crippen molar-refractivity contribution in [2.24, 2.45) is 16.5 Å². The topological polar surface area (TPSA) is 141 Å². The molecule has 0 saturated heterocycles. The number of carbonyl (C=O) groups is 2. The van der Waals surface area contributed by atoms with Crippen molar-refractivity contribution in [1.82, 2.24) is 20.0 Å². The Labute approximate surface area is 201 Å². The van der Waals surface area contributed by atoms with Gasteiger partial charge in [-0.2, -0.15) is 5.10 Å². The summed E-state index contributed by atoms with van der Waals surface area (Å²) in [5.74, 6) is 0.346. The maximum Gasteiger partial charge on any atom is 0.407 e. The summed E-state index contributed by atoms with van der Waals surface area (Å²) < 4.78 is 7.20. The zero-order valence-corrected chi connectivity index (χ0v) is 20.3. The van der Waals surface area contributed by atoms with Gasteiger partial charge in [0.2, 0.25) is 5.91 Å². The number of alkyl carbamates (subject to hydrolysis) is 1. The number of carbonyl (C=O) groups excluding carboxylic acids is 2. The number of rotatable bonds is 13. The van der Waals surface area contributed by atoms with Gasteiger partial charge in [0, 0.05) is 38.2 Å². The van der Waals surface area contributed by atoms with Crippen LogP contribution in [0.3, 0.4) is 0 Å². The lowest BCUT2D eigenvalue weighted by Gasteiger charge is -2.25. The molecule has 0 unspecified atom stereocenters. The van der Waals surface area contributed by atoms with Crippen LogP contribution in [-0.2, 0) is 16.1 Å². The summed E-state index contributed by atoms with van der Waals surface area (Å²) >= 11 is 0. The highest BCUT2D eigenvalue weighted by atomic mass is 16.6. The van der Waals surface area contributed by atoms with Gasteiger partial charge in [0.15, 0.2) is 0 Å². The summed E-state index contributed by atoms with van der Waals surface area (Å²) in [6.45, 7) is 5.09. The van der Waals surface area contributed by atoms with E-state index in [0.29, 0.717) is 56.1 Å². The molecular formula is C24H39N7O3. The van der Waals surface area contributed by atoms with Crippen LogP contribution in [0.1, 0.15) is 70.4 Å². The molecule has 2 aliphatic rings. The Hall–Kier alpha value is -2.88. The molecule has 34 heavy (non-hydrogen) atoms. The van der Waals surface area contributed by atoms with Crippen LogP contribution in [0.15, 0.2) is 16.8 Å². The second kappa shape index (κ2) is 13.1. The monoisotopic (exact) mass is 473 g/mol. The first kappa shape index (κ1) is 25.7. The fourth-order valence-corrected chi connectivity index (χ4v) is 4.05. The molecule has 1 aliphatic carbocycles. The molecule has 1 aromatic heterocycles. The number of aliphatic imine (C=N–C) groups is 1. The Bertz CT molecular complexity index is 889. The van der Waals surface area contributed by atoms with E-state index in [2.05, 4.69) is 15.4 Å². The summed E-state index contributed by atoms with van der Waals surface area (Å²) in [4.78, 5) is 31.6. The number of aryl methyl sites for hydroxylation is 1. The van der Waals surface area contributed by atoms with Crippen molar-refractivity contribution in [3.8, 4) is 0 Å². The van der Waals surface area contributed by atoms with Gasteiger partial charge in [0.05, 0.1) is 11.9 Å². The van der Waals surface area contributed by atoms with Crippen LogP contribution in [0, 0.1) is 0 Å². The normalized spacial score (nSPS) is 15.5. The second-order valence-corrected chi connectivity index (χ2v) is 8.97. The molecule has 0 spiro atoms. The van der Waals surface area contributed by atoms with Crippen molar-refractivity contribution in [3.63, 3.8) is 0 Å². The van der Waals surface area contributed by atoms with Crippen LogP contribution in [0.2, 0.25) is 0 Å². The zero-order chi connectivity index (χ0) is 24.3. The number of amides is 2. The molecule has 10 nitrogen and oxygen atoms in total. The molecule has 10 heteroatoms. The van der Waals surface area contributed by atoms with Gasteiger partial charge in [-0.05, 0) is 57.6 Å². The average molecular weight is 474 g/mol. The van der Waals surface area contributed by atoms with E-state index in [9.17, 15) is 9.59 Å². The zero-order valence-electron chi connectivity index (χ0n) is 20.3. The second-order valence-electron chi connectivity index (χ2n) is 8.97. The number of aromatic nitrogens is 2. The van der Waals surface area contributed by atoms with Gasteiger partial charge in [-0.25, -0.2) is 9.79 Å². The van der Waals surface area contributed by atoms with E-state index < -0.39 is 0 Å². The highest BCUT2D eigenvalue weighted by Gasteiger charge is 2.24. The lowest BCUT2D eigenvalue weighted by molar-refractivity contribution is -0.127. The van der Waals surface area contributed by atoms with Crippen LogP contribution in [0.25, 0.3) is 6.08 Å². The molecule has 2 heterocycles. The van der Waals surface area contributed by atoms with Crippen molar-refractivity contribution in [2.75, 3.05) is 26.2 Å². The summed E-state index contributed by atoms with van der Waals surface area (Å²) in [6, 6.07) is 0.